The summed E-state index contributed by atoms with van der Waals surface area (Å²) in [5, 5.41) is 21.3. The zero-order valence-corrected chi connectivity index (χ0v) is 11.6. The van der Waals surface area contributed by atoms with Crippen molar-refractivity contribution in [3.05, 3.63) is 35.9 Å². The molecule has 0 radical (unpaired) electrons. The Morgan fingerprint density at radius 2 is 1.95 bits per heavy atom. The van der Waals surface area contributed by atoms with Crippen molar-refractivity contribution < 1.29 is 15.0 Å². The molecule has 0 aromatic heterocycles. The topological polar surface area (TPSA) is 69.6 Å². The van der Waals surface area contributed by atoms with Crippen molar-refractivity contribution in [1.29, 1.82) is 0 Å². The molecule has 1 atom stereocenters. The van der Waals surface area contributed by atoms with Crippen LogP contribution in [0.2, 0.25) is 0 Å². The third-order valence-electron chi connectivity index (χ3n) is 3.11. The molecule has 0 amide bonds. The van der Waals surface area contributed by atoms with Crippen molar-refractivity contribution in [3.8, 4) is 0 Å². The number of nitrogens with one attached hydrogen (secondary N) is 1. The Kier molecular flexibility index (Phi) is 5.99. The van der Waals surface area contributed by atoms with Gasteiger partial charge in [-0.2, -0.15) is 0 Å². The number of aliphatic hydroxyl groups excluding tert-OH is 1. The first-order valence-corrected chi connectivity index (χ1v) is 6.58. The first-order valence-electron chi connectivity index (χ1n) is 6.58. The lowest BCUT2D eigenvalue weighted by atomic mass is 9.95. The summed E-state index contributed by atoms with van der Waals surface area (Å²) in [5.74, 6) is -0.976. The van der Waals surface area contributed by atoms with Gasteiger partial charge in [-0.25, -0.2) is 0 Å². The van der Waals surface area contributed by atoms with E-state index >= 15 is 0 Å². The van der Waals surface area contributed by atoms with Crippen LogP contribution in [0.3, 0.4) is 0 Å². The fourth-order valence-corrected chi connectivity index (χ4v) is 1.86. The second-order valence-electron chi connectivity index (χ2n) is 5.50. The van der Waals surface area contributed by atoms with Crippen LogP contribution in [0.4, 0.5) is 0 Å². The standard InChI is InChI=1S/C15H23NO3/c1-15(2,16-11-13(17)10-14(18)19)9-8-12-6-4-3-5-7-12/h3-7,13,16-17H,8-11H2,1-2H3,(H,18,19). The lowest BCUT2D eigenvalue weighted by Crippen LogP contribution is -2.44. The molecule has 1 rings (SSSR count). The van der Waals surface area contributed by atoms with E-state index in [1.165, 1.54) is 5.56 Å². The normalized spacial score (nSPS) is 13.2. The predicted octanol–water partition coefficient (Wildman–Crippen LogP) is 1.82. The summed E-state index contributed by atoms with van der Waals surface area (Å²) in [6.07, 6.45) is 0.822. The van der Waals surface area contributed by atoms with Gasteiger partial charge in [0.05, 0.1) is 12.5 Å². The lowest BCUT2D eigenvalue weighted by Gasteiger charge is -2.27. The highest BCUT2D eigenvalue weighted by Crippen LogP contribution is 2.13. The maximum absolute atomic E-state index is 10.5. The number of aliphatic hydroxyl groups is 1. The number of aryl methyl sites for hydroxylation is 1. The number of hydrogen-bond donors (Lipinski definition) is 3. The molecule has 0 saturated heterocycles. The number of carbonyl (C=O) groups is 1. The van der Waals surface area contributed by atoms with Crippen LogP contribution < -0.4 is 5.32 Å². The minimum Gasteiger partial charge on any atom is -0.481 e. The van der Waals surface area contributed by atoms with E-state index in [-0.39, 0.29) is 12.0 Å². The van der Waals surface area contributed by atoms with Crippen molar-refractivity contribution >= 4 is 5.97 Å². The lowest BCUT2D eigenvalue weighted by molar-refractivity contribution is -0.139. The van der Waals surface area contributed by atoms with Gasteiger partial charge in [-0.15, -0.1) is 0 Å². The number of rotatable bonds is 8. The Balaban J connectivity index is 2.33. The molecule has 0 fully saturated rings. The van der Waals surface area contributed by atoms with E-state index in [2.05, 4.69) is 31.3 Å². The molecule has 19 heavy (non-hydrogen) atoms. The Hall–Kier alpha value is -1.39. The molecule has 0 bridgehead atoms. The van der Waals surface area contributed by atoms with Crippen LogP contribution in [0.25, 0.3) is 0 Å². The maximum atomic E-state index is 10.5. The van der Waals surface area contributed by atoms with Gasteiger partial charge in [0.1, 0.15) is 0 Å². The zero-order valence-electron chi connectivity index (χ0n) is 11.6. The molecule has 106 valence electrons. The maximum Gasteiger partial charge on any atom is 0.306 e. The van der Waals surface area contributed by atoms with E-state index in [0.717, 1.165) is 12.8 Å². The van der Waals surface area contributed by atoms with Gasteiger partial charge in [-0.1, -0.05) is 30.3 Å². The summed E-state index contributed by atoms with van der Waals surface area (Å²) in [4.78, 5) is 10.5. The van der Waals surface area contributed by atoms with E-state index in [9.17, 15) is 9.90 Å². The van der Waals surface area contributed by atoms with E-state index in [4.69, 9.17) is 5.11 Å². The van der Waals surface area contributed by atoms with Gasteiger partial charge >= 0.3 is 5.97 Å². The summed E-state index contributed by atoms with van der Waals surface area (Å²) in [5.41, 5.74) is 1.15. The summed E-state index contributed by atoms with van der Waals surface area (Å²) >= 11 is 0. The Morgan fingerprint density at radius 3 is 2.53 bits per heavy atom. The number of benzene rings is 1. The molecular formula is C15H23NO3. The van der Waals surface area contributed by atoms with Gasteiger partial charge in [-0.3, -0.25) is 4.79 Å². The summed E-state index contributed by atoms with van der Waals surface area (Å²) < 4.78 is 0. The SMILES string of the molecule is CC(C)(CCc1ccccc1)NCC(O)CC(=O)O. The van der Waals surface area contributed by atoms with Crippen LogP contribution >= 0.6 is 0 Å². The molecule has 0 spiro atoms. The van der Waals surface area contributed by atoms with E-state index in [0.29, 0.717) is 6.54 Å². The van der Waals surface area contributed by atoms with Gasteiger partial charge in [0, 0.05) is 12.1 Å². The number of aliphatic carboxylic acids is 1. The number of β-amino-alcohol motifs (C(OH)–C–C–N with tert-alkyl or cyclic N) is 1. The smallest absolute Gasteiger partial charge is 0.306 e. The number of carboxylic acids is 1. The monoisotopic (exact) mass is 265 g/mol. The molecule has 1 unspecified atom stereocenters. The third kappa shape index (κ3) is 6.94. The highest BCUT2D eigenvalue weighted by Gasteiger charge is 2.19. The quantitative estimate of drug-likeness (QED) is 0.670. The van der Waals surface area contributed by atoms with Crippen molar-refractivity contribution in [1.82, 2.24) is 5.32 Å². The van der Waals surface area contributed by atoms with Gasteiger partial charge in [-0.05, 0) is 32.3 Å². The molecule has 0 aliphatic rings. The molecule has 4 heteroatoms. The molecule has 1 aromatic rings. The van der Waals surface area contributed by atoms with Gasteiger partial charge in [0.2, 0.25) is 0 Å². The Labute approximate surface area is 114 Å². The van der Waals surface area contributed by atoms with E-state index in [1.807, 2.05) is 18.2 Å². The van der Waals surface area contributed by atoms with E-state index in [1.54, 1.807) is 0 Å². The molecule has 0 aliphatic carbocycles. The molecule has 1 aromatic carbocycles. The van der Waals surface area contributed by atoms with Crippen LogP contribution in [0.15, 0.2) is 30.3 Å². The van der Waals surface area contributed by atoms with Gasteiger partial charge in [0.25, 0.3) is 0 Å². The molecule has 4 nitrogen and oxygen atoms in total. The molecule has 3 N–H and O–H groups in total. The largest absolute Gasteiger partial charge is 0.481 e. The van der Waals surface area contributed by atoms with Crippen LogP contribution in [-0.4, -0.2) is 34.4 Å². The van der Waals surface area contributed by atoms with Crippen molar-refractivity contribution in [2.75, 3.05) is 6.54 Å². The average molecular weight is 265 g/mol. The first-order chi connectivity index (χ1) is 8.89. The minimum atomic E-state index is -0.976. The molecule has 0 aliphatic heterocycles. The predicted molar refractivity (Wildman–Crippen MR) is 75.1 cm³/mol. The Morgan fingerprint density at radius 1 is 1.32 bits per heavy atom. The first kappa shape index (κ1) is 15.7. The van der Waals surface area contributed by atoms with Crippen molar-refractivity contribution in [3.63, 3.8) is 0 Å². The average Bonchev–Trinajstić information content (AvgIpc) is 2.35. The molecule has 0 saturated carbocycles. The van der Waals surface area contributed by atoms with Crippen LogP contribution in [0.1, 0.15) is 32.3 Å². The minimum absolute atomic E-state index is 0.130. The summed E-state index contributed by atoms with van der Waals surface area (Å²) in [6, 6.07) is 10.2. The zero-order chi connectivity index (χ0) is 14.3. The van der Waals surface area contributed by atoms with Crippen LogP contribution in [0, 0.1) is 0 Å². The molecule has 0 heterocycles. The van der Waals surface area contributed by atoms with Gasteiger partial charge in [0.15, 0.2) is 0 Å². The fourth-order valence-electron chi connectivity index (χ4n) is 1.86. The second-order valence-corrected chi connectivity index (χ2v) is 5.50. The highest BCUT2D eigenvalue weighted by molar-refractivity contribution is 5.67. The molecular weight excluding hydrogens is 242 g/mol. The second kappa shape index (κ2) is 7.26. The summed E-state index contributed by atoms with van der Waals surface area (Å²) in [7, 11) is 0. The van der Waals surface area contributed by atoms with Crippen molar-refractivity contribution in [2.24, 2.45) is 0 Å². The summed E-state index contributed by atoms with van der Waals surface area (Å²) in [6.45, 7) is 4.42. The fraction of sp³-hybridized carbons (Fsp3) is 0.533. The number of hydrogen-bond acceptors (Lipinski definition) is 3. The van der Waals surface area contributed by atoms with Gasteiger partial charge < -0.3 is 15.5 Å². The Bertz CT molecular complexity index is 390. The van der Waals surface area contributed by atoms with Crippen LogP contribution in [-0.2, 0) is 11.2 Å². The highest BCUT2D eigenvalue weighted by atomic mass is 16.4. The third-order valence-corrected chi connectivity index (χ3v) is 3.11. The van der Waals surface area contributed by atoms with Crippen LogP contribution in [0.5, 0.6) is 0 Å². The van der Waals surface area contributed by atoms with E-state index < -0.39 is 12.1 Å². The number of carboxylic acid groups (broad SMARTS) is 1. The van der Waals surface area contributed by atoms with Crippen molar-refractivity contribution in [2.45, 2.75) is 44.8 Å².